The number of halogens is 5. The smallest absolute Gasteiger partial charge is 0.358 e. The Bertz CT molecular complexity index is 1390. The normalized spacial score (nSPS) is 20.9. The van der Waals surface area contributed by atoms with E-state index in [1.165, 1.54) is 12.3 Å². The molecule has 4 aromatic heterocycles. The van der Waals surface area contributed by atoms with Gasteiger partial charge < -0.3 is 4.74 Å². The average molecular weight is 456 g/mol. The number of pyridine rings is 2. The lowest BCUT2D eigenvalue weighted by Gasteiger charge is -2.36. The highest BCUT2D eigenvalue weighted by Gasteiger charge is 2.55. The maximum atomic E-state index is 14.0. The minimum Gasteiger partial charge on any atom is -0.358 e. The molecule has 0 aliphatic carbocycles. The van der Waals surface area contributed by atoms with Crippen molar-refractivity contribution in [1.29, 1.82) is 0 Å². The summed E-state index contributed by atoms with van der Waals surface area (Å²) in [6.07, 6.45) is -2.86. The fourth-order valence-corrected chi connectivity index (χ4v) is 3.72. The third kappa shape index (κ3) is 3.07. The molecule has 12 heteroatoms. The summed E-state index contributed by atoms with van der Waals surface area (Å²) in [7, 11) is 0. The number of ether oxygens (including phenoxy) is 1. The molecule has 1 atom stereocenters. The van der Waals surface area contributed by atoms with Gasteiger partial charge in [-0.15, -0.1) is 0 Å². The van der Waals surface area contributed by atoms with Gasteiger partial charge in [-0.3, -0.25) is 14.8 Å². The van der Waals surface area contributed by atoms with Crippen LogP contribution in [-0.4, -0.2) is 41.7 Å². The van der Waals surface area contributed by atoms with Gasteiger partial charge in [-0.1, -0.05) is 11.6 Å². The summed E-state index contributed by atoms with van der Waals surface area (Å²) in [5.41, 5.74) is -2.13. The van der Waals surface area contributed by atoms with Crippen molar-refractivity contribution in [3.63, 3.8) is 0 Å². The van der Waals surface area contributed by atoms with Gasteiger partial charge in [0.1, 0.15) is 16.7 Å². The van der Waals surface area contributed by atoms with E-state index in [9.17, 15) is 17.6 Å². The Morgan fingerprint density at radius 3 is 2.84 bits per heavy atom. The number of alkyl halides is 3. The number of fused-ring (bicyclic) bond motifs is 2. The molecule has 0 aromatic carbocycles. The van der Waals surface area contributed by atoms with E-state index in [0.717, 1.165) is 16.9 Å². The van der Waals surface area contributed by atoms with Crippen molar-refractivity contribution < 1.29 is 26.4 Å². The highest BCUT2D eigenvalue weighted by molar-refractivity contribution is 6.35. The maximum absolute atomic E-state index is 14.0. The first-order chi connectivity index (χ1) is 15.9. The second kappa shape index (κ2) is 6.72. The minimum atomic E-state index is -5.21. The first-order valence-corrected chi connectivity index (χ1v) is 9.22. The van der Waals surface area contributed by atoms with Crippen molar-refractivity contribution >= 4 is 22.6 Å². The van der Waals surface area contributed by atoms with Crippen LogP contribution in [0.4, 0.5) is 17.6 Å². The van der Waals surface area contributed by atoms with Gasteiger partial charge in [0.05, 0.1) is 36.1 Å². The molecule has 0 fully saturated rings. The van der Waals surface area contributed by atoms with Crippen LogP contribution in [-0.2, 0) is 17.9 Å². The van der Waals surface area contributed by atoms with Gasteiger partial charge in [-0.2, -0.15) is 23.4 Å². The summed E-state index contributed by atoms with van der Waals surface area (Å²) in [5, 5.41) is 11.3. The zero-order valence-corrected chi connectivity index (χ0v) is 16.1. The van der Waals surface area contributed by atoms with Crippen LogP contribution in [0, 0.1) is 5.82 Å². The minimum absolute atomic E-state index is 0.0897. The van der Waals surface area contributed by atoms with Gasteiger partial charge in [0.15, 0.2) is 11.2 Å². The quantitative estimate of drug-likeness (QED) is 0.449. The van der Waals surface area contributed by atoms with E-state index in [4.69, 9.17) is 20.5 Å². The highest BCUT2D eigenvalue weighted by atomic mass is 35.5. The number of H-pyrrole nitrogens is 1. The van der Waals surface area contributed by atoms with Crippen molar-refractivity contribution in [3.8, 4) is 22.5 Å². The second-order valence-corrected chi connectivity index (χ2v) is 7.28. The Hall–Kier alpha value is -3.05. The zero-order chi connectivity index (χ0) is 24.5. The summed E-state index contributed by atoms with van der Waals surface area (Å²) in [4.78, 5) is 8.12. The molecule has 5 rings (SSSR count). The van der Waals surface area contributed by atoms with Crippen molar-refractivity contribution in [3.05, 3.63) is 47.3 Å². The van der Waals surface area contributed by atoms with E-state index < -0.39 is 37.6 Å². The van der Waals surface area contributed by atoms with Gasteiger partial charge in [0, 0.05) is 21.4 Å². The third-order valence-electron chi connectivity index (χ3n) is 4.99. The molecule has 0 spiro atoms. The number of nitrogens with one attached hydrogen (secondary N) is 1. The summed E-state index contributed by atoms with van der Waals surface area (Å²) in [6.45, 7) is -5.37. The number of nitrogens with zero attached hydrogens (tertiary/aromatic N) is 5. The molecule has 1 aliphatic rings. The predicted molar refractivity (Wildman–Crippen MR) is 103 cm³/mol. The molecule has 0 amide bonds. The van der Waals surface area contributed by atoms with E-state index in [1.54, 1.807) is 6.07 Å². The Kier molecular flexibility index (Phi) is 3.61. The van der Waals surface area contributed by atoms with Crippen LogP contribution in [0.25, 0.3) is 33.5 Å². The molecular formula is C19H13ClF4N6O. The molecule has 0 bridgehead atoms. The second-order valence-electron chi connectivity index (χ2n) is 6.90. The van der Waals surface area contributed by atoms with E-state index in [-0.39, 0.29) is 33.4 Å². The molecule has 160 valence electrons. The molecule has 1 aliphatic heterocycles. The van der Waals surface area contributed by atoms with Crippen LogP contribution in [0.1, 0.15) is 16.7 Å². The van der Waals surface area contributed by atoms with Crippen LogP contribution < -0.4 is 0 Å². The maximum Gasteiger partial charge on any atom is 0.419 e. The lowest BCUT2D eigenvalue weighted by atomic mass is 9.98. The van der Waals surface area contributed by atoms with Crippen molar-refractivity contribution in [2.75, 3.05) is 0 Å². The summed E-state index contributed by atoms with van der Waals surface area (Å²) in [6, 6.07) is 3.99. The van der Waals surface area contributed by atoms with Crippen LogP contribution in [0.3, 0.4) is 0 Å². The van der Waals surface area contributed by atoms with Crippen LogP contribution in [0.2, 0.25) is 5.15 Å². The molecule has 4 aromatic rings. The molecule has 0 saturated carbocycles. The monoisotopic (exact) mass is 455 g/mol. The molecule has 0 saturated heterocycles. The molecule has 7 nitrogen and oxygen atoms in total. The Labute approximate surface area is 181 Å². The highest BCUT2D eigenvalue weighted by Crippen LogP contribution is 2.44. The number of rotatable bonds is 2. The van der Waals surface area contributed by atoms with Crippen LogP contribution >= 0.6 is 11.6 Å². The molecule has 5 heterocycles. The van der Waals surface area contributed by atoms with E-state index in [0.29, 0.717) is 10.9 Å². The van der Waals surface area contributed by atoms with Crippen molar-refractivity contribution in [2.45, 2.75) is 31.8 Å². The standard InChI is InChI=1S/C19H13ClF4N6O/c1-18(19(22,23)24)8-30-12(7-31-18)13(15(29-30)11-3-2-9(21)6-26-11)10-4-5-25-17-14(10)16(20)27-28-17/h2-6H,7-8H2,1H3,(H,25,27,28)/i1D3. The number of hydrogen-bond acceptors (Lipinski definition) is 5. The van der Waals surface area contributed by atoms with E-state index >= 15 is 0 Å². The SMILES string of the molecule is [2H]C([2H])([2H])C1(C(F)(F)F)Cn2nc(-c3ccc(F)cn3)c(-c3ccnc4n[nH]c(Cl)c34)c2CO1. The van der Waals surface area contributed by atoms with E-state index in [1.807, 2.05) is 0 Å². The average Bonchev–Trinajstić information content (AvgIpc) is 3.33. The molecule has 1 N–H and O–H groups in total. The van der Waals surface area contributed by atoms with Crippen molar-refractivity contribution in [1.82, 2.24) is 29.9 Å². The first-order valence-electron chi connectivity index (χ1n) is 10.3. The summed E-state index contributed by atoms with van der Waals surface area (Å²) < 4.78 is 84.1. The lowest BCUT2D eigenvalue weighted by Crippen LogP contribution is -2.51. The van der Waals surface area contributed by atoms with Gasteiger partial charge >= 0.3 is 6.18 Å². The van der Waals surface area contributed by atoms with Gasteiger partial charge in [-0.25, -0.2) is 9.37 Å². The number of aromatic nitrogens is 6. The van der Waals surface area contributed by atoms with Gasteiger partial charge in [0.25, 0.3) is 0 Å². The molecular weight excluding hydrogens is 440 g/mol. The fourth-order valence-electron chi connectivity index (χ4n) is 3.49. The van der Waals surface area contributed by atoms with Crippen LogP contribution in [0.15, 0.2) is 30.6 Å². The Morgan fingerprint density at radius 1 is 1.29 bits per heavy atom. The van der Waals surface area contributed by atoms with E-state index in [2.05, 4.69) is 25.3 Å². The largest absolute Gasteiger partial charge is 0.419 e. The molecule has 31 heavy (non-hydrogen) atoms. The fraction of sp³-hybridized carbons (Fsp3) is 0.263. The zero-order valence-electron chi connectivity index (χ0n) is 18.3. The Morgan fingerprint density at radius 2 is 2.13 bits per heavy atom. The number of hydrogen-bond donors (Lipinski definition) is 1. The summed E-state index contributed by atoms with van der Waals surface area (Å²) in [5.74, 6) is -0.625. The first kappa shape index (κ1) is 16.6. The lowest BCUT2D eigenvalue weighted by molar-refractivity contribution is -0.287. The van der Waals surface area contributed by atoms with Crippen LogP contribution in [0.5, 0.6) is 0 Å². The Balaban J connectivity index is 1.79. The molecule has 1 unspecified atom stereocenters. The number of aromatic amines is 1. The summed E-state index contributed by atoms with van der Waals surface area (Å²) >= 11 is 6.26. The predicted octanol–water partition coefficient (Wildman–Crippen LogP) is 4.53. The third-order valence-corrected chi connectivity index (χ3v) is 5.27. The molecule has 0 radical (unpaired) electrons. The van der Waals surface area contributed by atoms with Gasteiger partial charge in [0.2, 0.25) is 0 Å². The topological polar surface area (TPSA) is 81.5 Å². The van der Waals surface area contributed by atoms with Crippen molar-refractivity contribution in [2.24, 2.45) is 0 Å². The van der Waals surface area contributed by atoms with Gasteiger partial charge in [-0.05, 0) is 25.1 Å².